The van der Waals surface area contributed by atoms with Gasteiger partial charge in [-0.3, -0.25) is 4.79 Å². The van der Waals surface area contributed by atoms with Crippen LogP contribution in [0.1, 0.15) is 65.2 Å². The van der Waals surface area contributed by atoms with E-state index in [4.69, 9.17) is 11.6 Å². The summed E-state index contributed by atoms with van der Waals surface area (Å²) >= 11 is 6.45. The zero-order valence-electron chi connectivity index (χ0n) is 14.8. The number of allylic oxidation sites excluding steroid dienone is 2. The lowest BCUT2D eigenvalue weighted by atomic mass is 9.52. The molecule has 0 N–H and O–H groups in total. The molecule has 3 aliphatic carbocycles. The second-order valence-corrected chi connectivity index (χ2v) is 9.36. The zero-order chi connectivity index (χ0) is 16.4. The van der Waals surface area contributed by atoms with Gasteiger partial charge in [0.05, 0.1) is 0 Å². The maximum atomic E-state index is 12.1. The van der Waals surface area contributed by atoms with Crippen molar-refractivity contribution < 1.29 is 4.79 Å². The second kappa shape index (κ2) is 5.51. The van der Waals surface area contributed by atoms with Crippen LogP contribution < -0.4 is 0 Å². The van der Waals surface area contributed by atoms with Crippen LogP contribution in [0.3, 0.4) is 0 Å². The second-order valence-electron chi connectivity index (χ2n) is 8.79. The summed E-state index contributed by atoms with van der Waals surface area (Å²) in [6, 6.07) is 0.521. The topological polar surface area (TPSA) is 20.3 Å². The molecule has 0 aromatic carbocycles. The lowest BCUT2D eigenvalue weighted by molar-refractivity contribution is -0.143. The van der Waals surface area contributed by atoms with E-state index in [1.54, 1.807) is 5.57 Å². The summed E-state index contributed by atoms with van der Waals surface area (Å²) < 4.78 is 0. The van der Waals surface area contributed by atoms with Crippen molar-refractivity contribution in [1.82, 2.24) is 4.90 Å². The Morgan fingerprint density at radius 3 is 2.61 bits per heavy atom. The van der Waals surface area contributed by atoms with E-state index in [0.29, 0.717) is 17.4 Å². The molecule has 128 valence electrons. The molecule has 2 nitrogen and oxygen atoms in total. The standard InChI is InChI=1S/C20H30ClNO/c1-12(21)16-6-7-17-14-4-8-18-15(5-9-19(23)22(18)3)13(14)10-11-20(16,17)2/h13-15,17-18H,4-11H2,1-3H3/b16-12-/t13-,14+,15+,17-,18+,20+/m0/s1. The fraction of sp³-hybridized carbons (Fsp3) is 0.850. The van der Waals surface area contributed by atoms with Crippen LogP contribution in [0.25, 0.3) is 0 Å². The van der Waals surface area contributed by atoms with Crippen LogP contribution in [0.2, 0.25) is 0 Å². The van der Waals surface area contributed by atoms with Gasteiger partial charge in [-0.1, -0.05) is 18.5 Å². The van der Waals surface area contributed by atoms with E-state index < -0.39 is 0 Å². The molecule has 1 saturated heterocycles. The molecule has 23 heavy (non-hydrogen) atoms. The predicted octanol–water partition coefficient (Wildman–Crippen LogP) is 4.97. The first-order chi connectivity index (χ1) is 10.9. The van der Waals surface area contributed by atoms with Gasteiger partial charge >= 0.3 is 0 Å². The summed E-state index contributed by atoms with van der Waals surface area (Å²) in [6.07, 6.45) is 9.64. The van der Waals surface area contributed by atoms with Crippen LogP contribution in [0.5, 0.6) is 0 Å². The van der Waals surface area contributed by atoms with Crippen molar-refractivity contribution in [2.45, 2.75) is 71.3 Å². The van der Waals surface area contributed by atoms with Crippen LogP contribution in [0, 0.1) is 29.1 Å². The number of amides is 1. The number of hydrogen-bond donors (Lipinski definition) is 0. The molecule has 1 aliphatic heterocycles. The molecule has 0 spiro atoms. The first kappa shape index (κ1) is 16.0. The third kappa shape index (κ3) is 2.23. The largest absolute Gasteiger partial charge is 0.342 e. The van der Waals surface area contributed by atoms with Gasteiger partial charge in [-0.25, -0.2) is 0 Å². The molecular weight excluding hydrogens is 306 g/mol. The fourth-order valence-electron chi connectivity index (χ4n) is 7.04. The maximum Gasteiger partial charge on any atom is 0.222 e. The predicted molar refractivity (Wildman–Crippen MR) is 94.1 cm³/mol. The first-order valence-corrected chi connectivity index (χ1v) is 9.92. The minimum Gasteiger partial charge on any atom is -0.342 e. The van der Waals surface area contributed by atoms with Gasteiger partial charge in [-0.15, -0.1) is 0 Å². The summed E-state index contributed by atoms with van der Waals surface area (Å²) in [6.45, 7) is 4.58. The van der Waals surface area contributed by atoms with Gasteiger partial charge in [-0.05, 0) is 86.5 Å². The Balaban J connectivity index is 1.61. The number of likely N-dealkylation sites (tertiary alicyclic amines) is 1. The van der Waals surface area contributed by atoms with Gasteiger partial charge in [-0.2, -0.15) is 0 Å². The zero-order valence-corrected chi connectivity index (χ0v) is 15.5. The Hall–Kier alpha value is -0.500. The number of carbonyl (C=O) groups is 1. The summed E-state index contributed by atoms with van der Waals surface area (Å²) in [5.74, 6) is 3.66. The molecule has 4 fully saturated rings. The fourth-order valence-corrected chi connectivity index (χ4v) is 7.35. The van der Waals surface area contributed by atoms with E-state index in [1.807, 2.05) is 7.05 Å². The van der Waals surface area contributed by atoms with Crippen molar-refractivity contribution in [3.63, 3.8) is 0 Å². The average molecular weight is 336 g/mol. The Morgan fingerprint density at radius 2 is 1.87 bits per heavy atom. The molecule has 3 heteroatoms. The number of halogens is 1. The van der Waals surface area contributed by atoms with E-state index >= 15 is 0 Å². The van der Waals surface area contributed by atoms with Crippen LogP contribution >= 0.6 is 11.6 Å². The molecule has 4 rings (SSSR count). The maximum absolute atomic E-state index is 12.1. The summed E-state index contributed by atoms with van der Waals surface area (Å²) in [5, 5.41) is 1.06. The number of rotatable bonds is 0. The van der Waals surface area contributed by atoms with E-state index in [1.165, 1.54) is 38.5 Å². The smallest absolute Gasteiger partial charge is 0.222 e. The van der Waals surface area contributed by atoms with Crippen LogP contribution in [0.4, 0.5) is 0 Å². The molecule has 6 atom stereocenters. The summed E-state index contributed by atoms with van der Waals surface area (Å²) in [5.41, 5.74) is 1.91. The normalized spacial score (nSPS) is 48.6. The molecule has 3 saturated carbocycles. The molecule has 0 unspecified atom stereocenters. The van der Waals surface area contributed by atoms with Crippen molar-refractivity contribution in [3.8, 4) is 0 Å². The third-order valence-corrected chi connectivity index (χ3v) is 8.34. The van der Waals surface area contributed by atoms with E-state index in [0.717, 1.165) is 41.5 Å². The average Bonchev–Trinajstić information content (AvgIpc) is 2.88. The minimum atomic E-state index is 0.357. The Kier molecular flexibility index (Phi) is 3.83. The monoisotopic (exact) mass is 335 g/mol. The molecule has 1 heterocycles. The van der Waals surface area contributed by atoms with Gasteiger partial charge in [0.1, 0.15) is 0 Å². The van der Waals surface area contributed by atoms with Gasteiger partial charge < -0.3 is 4.90 Å². The summed E-state index contributed by atoms with van der Waals surface area (Å²) in [4.78, 5) is 14.2. The lowest BCUT2D eigenvalue weighted by Crippen LogP contribution is -2.55. The van der Waals surface area contributed by atoms with Crippen LogP contribution in [-0.4, -0.2) is 23.9 Å². The highest BCUT2D eigenvalue weighted by Gasteiger charge is 2.56. The highest BCUT2D eigenvalue weighted by atomic mass is 35.5. The number of hydrogen-bond acceptors (Lipinski definition) is 1. The minimum absolute atomic E-state index is 0.357. The van der Waals surface area contributed by atoms with Crippen molar-refractivity contribution in [2.24, 2.45) is 29.1 Å². The molecule has 4 aliphatic rings. The lowest BCUT2D eigenvalue weighted by Gasteiger charge is -2.56. The highest BCUT2D eigenvalue weighted by Crippen LogP contribution is 2.63. The molecule has 0 bridgehead atoms. The SMILES string of the molecule is C/C(Cl)=C1\CC[C@H]2[C@@H]3CC[C@@H]4[C@H](CCC(=O)N4C)[C@H]3CC[C@]12C. The number of carbonyl (C=O) groups excluding carboxylic acids is 1. The molecule has 0 aromatic heterocycles. The van der Waals surface area contributed by atoms with E-state index in [2.05, 4.69) is 18.7 Å². The number of fused-ring (bicyclic) bond motifs is 5. The Labute approximate surface area is 145 Å². The van der Waals surface area contributed by atoms with E-state index in [-0.39, 0.29) is 0 Å². The van der Waals surface area contributed by atoms with Gasteiger partial charge in [0.15, 0.2) is 0 Å². The quantitative estimate of drug-likeness (QED) is 0.612. The molecule has 1 amide bonds. The van der Waals surface area contributed by atoms with Crippen LogP contribution in [-0.2, 0) is 4.79 Å². The third-order valence-electron chi connectivity index (χ3n) is 8.12. The van der Waals surface area contributed by atoms with Crippen LogP contribution in [0.15, 0.2) is 10.6 Å². The first-order valence-electron chi connectivity index (χ1n) is 9.55. The van der Waals surface area contributed by atoms with Gasteiger partial charge in [0, 0.05) is 24.5 Å². The molecular formula is C20H30ClNO. The van der Waals surface area contributed by atoms with E-state index in [9.17, 15) is 4.79 Å². The number of piperidine rings is 1. The molecule has 0 aromatic rings. The highest BCUT2D eigenvalue weighted by molar-refractivity contribution is 6.29. The van der Waals surface area contributed by atoms with Crippen molar-refractivity contribution in [2.75, 3.05) is 7.05 Å². The summed E-state index contributed by atoms with van der Waals surface area (Å²) in [7, 11) is 2.04. The van der Waals surface area contributed by atoms with Crippen molar-refractivity contribution >= 4 is 17.5 Å². The Bertz CT molecular complexity index is 552. The van der Waals surface area contributed by atoms with Gasteiger partial charge in [0.2, 0.25) is 5.91 Å². The van der Waals surface area contributed by atoms with Crippen molar-refractivity contribution in [3.05, 3.63) is 10.6 Å². The Morgan fingerprint density at radius 1 is 1.09 bits per heavy atom. The van der Waals surface area contributed by atoms with Crippen molar-refractivity contribution in [1.29, 1.82) is 0 Å². The number of nitrogens with zero attached hydrogens (tertiary/aromatic N) is 1. The van der Waals surface area contributed by atoms with Gasteiger partial charge in [0.25, 0.3) is 0 Å². The molecule has 0 radical (unpaired) electrons.